The fraction of sp³-hybridized carbons (Fsp3) is 0.500. The van der Waals surface area contributed by atoms with Crippen LogP contribution in [0, 0.1) is 10.1 Å². The van der Waals surface area contributed by atoms with Gasteiger partial charge in [0.1, 0.15) is 5.69 Å². The lowest BCUT2D eigenvalue weighted by molar-refractivity contribution is -0.384. The van der Waals surface area contributed by atoms with Crippen molar-refractivity contribution in [1.29, 1.82) is 0 Å². The van der Waals surface area contributed by atoms with Crippen LogP contribution in [0.4, 0.5) is 11.4 Å². The van der Waals surface area contributed by atoms with Gasteiger partial charge in [-0.2, -0.15) is 0 Å². The maximum Gasteiger partial charge on any atom is 0.293 e. The zero-order chi connectivity index (χ0) is 19.7. The Bertz CT molecular complexity index is 901. The van der Waals surface area contributed by atoms with Crippen LogP contribution >= 0.6 is 0 Å². The predicted molar refractivity (Wildman–Crippen MR) is 104 cm³/mol. The van der Waals surface area contributed by atoms with Crippen molar-refractivity contribution in [1.82, 2.24) is 9.55 Å². The zero-order valence-electron chi connectivity index (χ0n) is 15.9. The van der Waals surface area contributed by atoms with E-state index < -0.39 is 4.92 Å². The summed E-state index contributed by atoms with van der Waals surface area (Å²) in [5, 5.41) is 15.0. The molecule has 2 heterocycles. The number of carbonyl (C=O) groups is 1. The smallest absolute Gasteiger partial charge is 0.293 e. The summed E-state index contributed by atoms with van der Waals surface area (Å²) in [6, 6.07) is 4.72. The highest BCUT2D eigenvalue weighted by atomic mass is 16.6. The third-order valence-electron chi connectivity index (χ3n) is 5.85. The van der Waals surface area contributed by atoms with E-state index in [0.717, 1.165) is 25.7 Å². The highest BCUT2D eigenvalue weighted by Crippen LogP contribution is 2.41. The summed E-state index contributed by atoms with van der Waals surface area (Å²) in [6.07, 6.45) is 9.34. The highest BCUT2D eigenvalue weighted by molar-refractivity contribution is 6.07. The number of aryl methyl sites for hydroxylation is 1. The Kier molecular flexibility index (Phi) is 4.89. The van der Waals surface area contributed by atoms with Crippen LogP contribution in [0.25, 0.3) is 0 Å². The second kappa shape index (κ2) is 7.35. The second-order valence-corrected chi connectivity index (χ2v) is 7.75. The summed E-state index contributed by atoms with van der Waals surface area (Å²) in [5.74, 6) is -0.0827. The summed E-state index contributed by atoms with van der Waals surface area (Å²) >= 11 is 0. The Morgan fingerprint density at radius 1 is 1.39 bits per heavy atom. The Morgan fingerprint density at radius 3 is 2.86 bits per heavy atom. The summed E-state index contributed by atoms with van der Waals surface area (Å²) in [4.78, 5) is 27.9. The number of ether oxygens (including phenoxy) is 1. The van der Waals surface area contributed by atoms with Gasteiger partial charge in [0.05, 0.1) is 10.5 Å². The molecule has 0 bridgehead atoms. The number of nitrogens with one attached hydrogen (secondary N) is 1. The Labute approximate surface area is 163 Å². The molecule has 1 unspecified atom stereocenters. The van der Waals surface area contributed by atoms with Crippen LogP contribution in [-0.2, 0) is 11.8 Å². The maximum absolute atomic E-state index is 12.6. The normalized spacial score (nSPS) is 21.0. The van der Waals surface area contributed by atoms with Gasteiger partial charge >= 0.3 is 0 Å². The van der Waals surface area contributed by atoms with E-state index >= 15 is 0 Å². The predicted octanol–water partition coefficient (Wildman–Crippen LogP) is 3.46. The molecule has 148 valence electrons. The summed E-state index contributed by atoms with van der Waals surface area (Å²) in [5.41, 5.74) is 0.540. The van der Waals surface area contributed by atoms with E-state index in [9.17, 15) is 14.9 Å². The number of ketones is 1. The van der Waals surface area contributed by atoms with Gasteiger partial charge in [-0.15, -0.1) is 0 Å². The molecule has 2 aromatic rings. The van der Waals surface area contributed by atoms with Gasteiger partial charge in [-0.25, -0.2) is 4.98 Å². The number of imidazole rings is 1. The van der Waals surface area contributed by atoms with Crippen LogP contribution in [0.2, 0.25) is 0 Å². The molecule has 2 aliphatic rings. The highest BCUT2D eigenvalue weighted by Gasteiger charge is 2.40. The first-order valence-corrected chi connectivity index (χ1v) is 9.68. The average Bonchev–Trinajstić information content (AvgIpc) is 3.30. The third-order valence-corrected chi connectivity index (χ3v) is 5.85. The number of nitro groups is 1. The molecule has 1 N–H and O–H groups in total. The van der Waals surface area contributed by atoms with Gasteiger partial charge in [0.2, 0.25) is 5.78 Å². The number of hydrogen-bond donors (Lipinski definition) is 1. The van der Waals surface area contributed by atoms with Crippen LogP contribution in [0.1, 0.15) is 54.7 Å². The first-order chi connectivity index (χ1) is 13.5. The number of nitrogens with zero attached hydrogens (tertiary/aromatic N) is 3. The first kappa shape index (κ1) is 18.6. The van der Waals surface area contributed by atoms with Crippen LogP contribution in [0.5, 0.6) is 0 Å². The van der Waals surface area contributed by atoms with Crippen LogP contribution in [0.3, 0.4) is 0 Å². The number of anilines is 1. The lowest BCUT2D eigenvalue weighted by Crippen LogP contribution is -2.42. The molecular formula is C20H24N4O4. The summed E-state index contributed by atoms with van der Waals surface area (Å²) < 4.78 is 7.65. The van der Waals surface area contributed by atoms with Gasteiger partial charge in [0.25, 0.3) is 5.69 Å². The van der Waals surface area contributed by atoms with E-state index in [4.69, 9.17) is 4.74 Å². The molecule has 1 atom stereocenters. The van der Waals surface area contributed by atoms with Crippen molar-refractivity contribution >= 4 is 17.2 Å². The first-order valence-electron chi connectivity index (χ1n) is 9.68. The molecule has 28 heavy (non-hydrogen) atoms. The number of nitro benzene ring substituents is 1. The van der Waals surface area contributed by atoms with Gasteiger partial charge in [0.15, 0.2) is 5.82 Å². The fourth-order valence-electron chi connectivity index (χ4n) is 4.40. The van der Waals surface area contributed by atoms with Gasteiger partial charge in [-0.3, -0.25) is 14.9 Å². The number of aromatic nitrogens is 2. The maximum atomic E-state index is 12.6. The van der Waals surface area contributed by atoms with Crippen LogP contribution < -0.4 is 5.32 Å². The minimum absolute atomic E-state index is 0.0706. The van der Waals surface area contributed by atoms with Crippen molar-refractivity contribution in [2.45, 2.75) is 50.2 Å². The molecule has 2 fully saturated rings. The van der Waals surface area contributed by atoms with Crippen molar-refractivity contribution in [3.05, 3.63) is 52.1 Å². The molecule has 1 saturated heterocycles. The van der Waals surface area contributed by atoms with Gasteiger partial charge in [0, 0.05) is 43.7 Å². The van der Waals surface area contributed by atoms with Crippen molar-refractivity contribution in [3.8, 4) is 0 Å². The standard InChI is InChI=1S/C20H24N4O4/c1-23-10-9-21-19(23)18(25)14-4-5-16(17(12-14)24(26)27)22-15-6-11-28-20(13-15)7-2-3-8-20/h4-5,9-10,12,15,22H,2-3,6-8,11,13H2,1H3. The molecule has 1 aliphatic carbocycles. The molecule has 1 aromatic heterocycles. The van der Waals surface area contributed by atoms with Gasteiger partial charge in [-0.05, 0) is 37.8 Å². The van der Waals surface area contributed by atoms with Crippen molar-refractivity contribution in [3.63, 3.8) is 0 Å². The molecule has 1 spiro atoms. The molecule has 0 amide bonds. The quantitative estimate of drug-likeness (QED) is 0.481. The molecule has 1 saturated carbocycles. The SMILES string of the molecule is Cn1ccnc1C(=O)c1ccc(NC2CCOC3(CCCC3)C2)c([N+](=O)[O-])c1. The molecule has 1 aromatic carbocycles. The number of hydrogen-bond acceptors (Lipinski definition) is 6. The van der Waals surface area contributed by atoms with E-state index in [-0.39, 0.29) is 34.5 Å². The fourth-order valence-corrected chi connectivity index (χ4v) is 4.40. The number of carbonyl (C=O) groups excluding carboxylic acids is 1. The second-order valence-electron chi connectivity index (χ2n) is 7.75. The van der Waals surface area contributed by atoms with Crippen LogP contribution in [0.15, 0.2) is 30.6 Å². The van der Waals surface area contributed by atoms with Crippen molar-refractivity contribution < 1.29 is 14.5 Å². The molecule has 1 aliphatic heterocycles. The zero-order valence-corrected chi connectivity index (χ0v) is 15.9. The van der Waals surface area contributed by atoms with E-state index in [1.165, 1.54) is 25.1 Å². The average molecular weight is 384 g/mol. The summed E-state index contributed by atoms with van der Waals surface area (Å²) in [6.45, 7) is 0.668. The Hall–Kier alpha value is -2.74. The lowest BCUT2D eigenvalue weighted by Gasteiger charge is -2.38. The number of benzene rings is 1. The van der Waals surface area contributed by atoms with Crippen molar-refractivity contribution in [2.75, 3.05) is 11.9 Å². The molecule has 8 nitrogen and oxygen atoms in total. The largest absolute Gasteiger partial charge is 0.377 e. The van der Waals surface area contributed by atoms with E-state index in [2.05, 4.69) is 10.3 Å². The molecule has 4 rings (SSSR count). The topological polar surface area (TPSA) is 99.3 Å². The van der Waals surface area contributed by atoms with Crippen molar-refractivity contribution in [2.24, 2.45) is 7.05 Å². The minimum Gasteiger partial charge on any atom is -0.377 e. The molecule has 8 heteroatoms. The van der Waals surface area contributed by atoms with E-state index in [1.807, 2.05) is 0 Å². The number of rotatable bonds is 5. The molecular weight excluding hydrogens is 360 g/mol. The van der Waals surface area contributed by atoms with Gasteiger partial charge < -0.3 is 14.6 Å². The van der Waals surface area contributed by atoms with E-state index in [0.29, 0.717) is 12.3 Å². The Balaban J connectivity index is 1.56. The van der Waals surface area contributed by atoms with Crippen LogP contribution in [-0.4, -0.2) is 38.5 Å². The molecule has 0 radical (unpaired) electrons. The monoisotopic (exact) mass is 384 g/mol. The Morgan fingerprint density at radius 2 is 2.18 bits per heavy atom. The van der Waals surface area contributed by atoms with E-state index in [1.54, 1.807) is 29.9 Å². The lowest BCUT2D eigenvalue weighted by atomic mass is 9.88. The third kappa shape index (κ3) is 3.52. The van der Waals surface area contributed by atoms with Gasteiger partial charge in [-0.1, -0.05) is 12.8 Å². The summed E-state index contributed by atoms with van der Waals surface area (Å²) in [7, 11) is 1.72. The minimum atomic E-state index is -0.442.